The van der Waals surface area contributed by atoms with Gasteiger partial charge in [0.25, 0.3) is 33.7 Å². The standard InChI is InChI=1S/C19H16Cl2N6O5.C17H10Cl2N6O4.2C13H11Cl2N3O2/c1-2-31-19(30)23-17(29)14(8-22)25-24-9-6-12(20)15(13(21)7-9)32-18-11-5-3-4-10(11)16(28)26-27-18;18-10-4-7(25-17(28)21-15(27)12(6-20)24-25)5-11(19)13(10)29-16-9-3-1-2-8(9)14(26)22-23-16;2*14-9-4-6(16)5-10(15)11(9)20-13-8-3-1-2-7(8)12(19)17-18-13/h6-7,24H,2-5H2,1H3,(H,26,28)(H,23,29,30);4-5H,1-3H2,(H,22,26)(H,21,27,28);2*4-5H,1-3,16H2,(H,17,19)/b25-14-;;;/i6D,7D;2*4D,5D;. The average molecular weight is 1540 g/mol. The summed E-state index contributed by atoms with van der Waals surface area (Å²) >= 11 is 49.3. The number of alkyl carbamates (subject to hydrolysis) is 1. The van der Waals surface area contributed by atoms with E-state index in [0.29, 0.717) is 98.2 Å². The molecule has 0 saturated heterocycles. The monoisotopic (exact) mass is 1540 g/mol. The molecule has 101 heavy (non-hydrogen) atoms. The minimum absolute atomic E-state index is 0.00358. The van der Waals surface area contributed by atoms with Gasteiger partial charge in [-0.25, -0.2) is 30.0 Å². The summed E-state index contributed by atoms with van der Waals surface area (Å²) in [5.41, 5.74) is 13.5. The third-order valence-corrected chi connectivity index (χ3v) is 16.9. The molecular weight excluding hydrogens is 1490 g/mol. The fraction of sp³-hybridized carbons (Fsp3) is 0.226. The first kappa shape index (κ1) is 65.2. The first-order valence-electron chi connectivity index (χ1n) is 32.3. The summed E-state index contributed by atoms with van der Waals surface area (Å²) in [6.45, 7) is 1.53. The highest BCUT2D eigenvalue weighted by molar-refractivity contribution is 6.47. The van der Waals surface area contributed by atoms with Crippen LogP contribution in [0.25, 0.3) is 5.69 Å². The van der Waals surface area contributed by atoms with Gasteiger partial charge in [-0.2, -0.15) is 20.3 Å². The molecule has 4 aromatic carbocycles. The van der Waals surface area contributed by atoms with Crippen LogP contribution in [0.1, 0.15) is 91.0 Å². The number of hydrogen-bond donors (Lipinski definition) is 9. The second kappa shape index (κ2) is 32.2. The van der Waals surface area contributed by atoms with Crippen LogP contribution in [-0.2, 0) is 60.9 Å². The molecule has 4 aliphatic carbocycles. The SMILES string of the molecule is Nc1cc(Cl)c(Oc2n[nH]c(=O)c3c2CCC3)c(Cl)c1.[2H]c1c(Cl)c(Oc2n[nH]c(=O)c3c2CCC3)c(Cl)c([2H])c1-n1nc(C#N)c(=O)[nH]c1=O.[2H]c1c(Cl)c(Oc2n[nH]c(=O)c3c2CCC3)c(Cl)c([2H])c1N/N=C(/C#N)C(=O)NC(=O)OCC.[2H]c1c(N)c([2H])c(Cl)c(Oc2n[nH]c(=O)c3c2CCC3)c1Cl. The van der Waals surface area contributed by atoms with Crippen LogP contribution in [0.3, 0.4) is 0 Å². The minimum Gasteiger partial charge on any atom is -0.450 e. The number of ether oxygens (including phenoxy) is 5. The summed E-state index contributed by atoms with van der Waals surface area (Å²) in [7, 11) is 0. The normalized spacial score (nSPS) is 13.6. The van der Waals surface area contributed by atoms with Gasteiger partial charge in [-0.05, 0) is 132 Å². The summed E-state index contributed by atoms with van der Waals surface area (Å²) in [6.07, 6.45) is 7.14. The smallest absolute Gasteiger partial charge is 0.414 e. The number of nitrogens with two attached hydrogens (primary N) is 2. The third kappa shape index (κ3) is 16.9. The summed E-state index contributed by atoms with van der Waals surface area (Å²) in [4.78, 5) is 96.1. The Morgan fingerprint density at radius 2 is 0.901 bits per heavy atom. The van der Waals surface area contributed by atoms with Gasteiger partial charge in [0.05, 0.1) is 66.4 Å². The van der Waals surface area contributed by atoms with Crippen LogP contribution in [0.4, 0.5) is 21.9 Å². The Morgan fingerprint density at radius 1 is 0.545 bits per heavy atom. The van der Waals surface area contributed by atoms with Gasteiger partial charge in [-0.15, -0.1) is 25.5 Å². The van der Waals surface area contributed by atoms with Crippen LogP contribution >= 0.6 is 92.8 Å². The fourth-order valence-corrected chi connectivity index (χ4v) is 12.4. The number of imide groups is 1. The van der Waals surface area contributed by atoms with Gasteiger partial charge in [-0.3, -0.25) is 44.5 Å². The molecule has 2 amide bonds. The van der Waals surface area contributed by atoms with E-state index < -0.39 is 64.5 Å². The predicted octanol–water partition coefficient (Wildman–Crippen LogP) is 10.3. The molecule has 0 aliphatic heterocycles. The fourth-order valence-electron chi connectivity index (χ4n) is 10.3. The lowest BCUT2D eigenvalue weighted by atomic mass is 10.2. The van der Waals surface area contributed by atoms with Crippen LogP contribution < -0.4 is 74.6 Å². The van der Waals surface area contributed by atoms with Gasteiger partial charge < -0.3 is 35.2 Å². The molecule has 0 atom stereocenters. The molecule has 0 fully saturated rings. The van der Waals surface area contributed by atoms with Crippen molar-refractivity contribution >= 4 is 128 Å². The number of nitrogen functional groups attached to an aromatic ring is 2. The van der Waals surface area contributed by atoms with E-state index in [2.05, 4.69) is 61.2 Å². The summed E-state index contributed by atoms with van der Waals surface area (Å²) in [5, 5.41) is 51.1. The van der Waals surface area contributed by atoms with Gasteiger partial charge >= 0.3 is 11.8 Å². The maximum absolute atomic E-state index is 12.2. The van der Waals surface area contributed by atoms with Crippen molar-refractivity contribution in [3.63, 3.8) is 0 Å². The number of H-pyrrole nitrogens is 5. The van der Waals surface area contributed by atoms with E-state index in [1.807, 2.05) is 4.98 Å². The van der Waals surface area contributed by atoms with E-state index in [0.717, 1.165) is 49.7 Å². The highest BCUT2D eigenvalue weighted by Gasteiger charge is 2.28. The topological polar surface area (TPSA) is 467 Å². The highest BCUT2D eigenvalue weighted by Crippen LogP contribution is 2.44. The van der Waals surface area contributed by atoms with Crippen molar-refractivity contribution < 1.29 is 41.5 Å². The zero-order valence-corrected chi connectivity index (χ0v) is 57.4. The quantitative estimate of drug-likeness (QED) is 0.0294. The maximum Gasteiger partial charge on any atom is 0.414 e. The number of amides is 2. The molecule has 520 valence electrons. The maximum atomic E-state index is 12.2. The van der Waals surface area contributed by atoms with Crippen molar-refractivity contribution in [3.05, 3.63) is 201 Å². The van der Waals surface area contributed by atoms with Crippen molar-refractivity contribution in [2.45, 2.75) is 84.0 Å². The highest BCUT2D eigenvalue weighted by atomic mass is 35.5. The van der Waals surface area contributed by atoms with E-state index in [1.165, 1.54) is 19.1 Å². The number of aromatic amines is 5. The number of nitrogens with zero attached hydrogens (tertiary/aromatic N) is 9. The summed E-state index contributed by atoms with van der Waals surface area (Å²) < 4.78 is 76.4. The number of nitriles is 2. The number of fused-ring (bicyclic) bond motifs is 4. The molecular formula is C62H48Cl8N18O13. The lowest BCUT2D eigenvalue weighted by Crippen LogP contribution is -2.36. The number of anilines is 3. The number of halogens is 8. The number of carbonyl (C=O) groups is 2. The van der Waals surface area contributed by atoms with Gasteiger partial charge in [-0.1, -0.05) is 92.8 Å². The molecule has 0 spiro atoms. The second-order valence-corrected chi connectivity index (χ2v) is 24.2. The molecule has 0 bridgehead atoms. The van der Waals surface area contributed by atoms with Crippen LogP contribution in [0.5, 0.6) is 46.5 Å². The molecule has 4 aliphatic rings. The number of hydrogen-bond acceptors (Lipinski definition) is 24. The Balaban J connectivity index is 0.000000156. The zero-order valence-electron chi connectivity index (χ0n) is 57.4. The summed E-state index contributed by atoms with van der Waals surface area (Å²) in [5.74, 6) is -0.829. The molecule has 5 heterocycles. The molecule has 0 unspecified atom stereocenters. The number of benzene rings is 4. The largest absolute Gasteiger partial charge is 0.450 e. The van der Waals surface area contributed by atoms with Crippen molar-refractivity contribution in [3.8, 4) is 64.3 Å². The van der Waals surface area contributed by atoms with Gasteiger partial charge in [0.2, 0.25) is 34.9 Å². The van der Waals surface area contributed by atoms with Crippen LogP contribution in [-0.4, -0.2) is 79.9 Å². The molecule has 31 nitrogen and oxygen atoms in total. The van der Waals surface area contributed by atoms with Gasteiger partial charge in [0, 0.05) is 55.9 Å². The number of rotatable bonds is 13. The number of nitrogens with one attached hydrogen (secondary N) is 7. The molecule has 11 N–H and O–H groups in total. The Morgan fingerprint density at radius 3 is 1.27 bits per heavy atom. The molecule has 0 radical (unpaired) electrons. The second-order valence-electron chi connectivity index (χ2n) is 21.1. The van der Waals surface area contributed by atoms with Crippen molar-refractivity contribution in [2.24, 2.45) is 5.10 Å². The lowest BCUT2D eigenvalue weighted by molar-refractivity contribution is -0.114. The number of carbonyl (C=O) groups excluding carboxylic acids is 2. The van der Waals surface area contributed by atoms with E-state index in [-0.39, 0.29) is 123 Å². The van der Waals surface area contributed by atoms with E-state index >= 15 is 0 Å². The van der Waals surface area contributed by atoms with Crippen LogP contribution in [0.15, 0.2) is 82.3 Å². The number of hydrazone groups is 1. The van der Waals surface area contributed by atoms with Gasteiger partial charge in [0.1, 0.15) is 12.1 Å². The van der Waals surface area contributed by atoms with Crippen molar-refractivity contribution in [1.29, 1.82) is 10.5 Å². The van der Waals surface area contributed by atoms with Gasteiger partial charge in [0.15, 0.2) is 23.0 Å². The Bertz CT molecular complexity index is 5600. The van der Waals surface area contributed by atoms with E-state index in [4.69, 9.17) is 142 Å². The first-order chi connectivity index (χ1) is 50.9. The molecule has 9 aromatic rings. The van der Waals surface area contributed by atoms with Crippen molar-refractivity contribution in [2.75, 3.05) is 23.5 Å². The van der Waals surface area contributed by atoms with Crippen LogP contribution in [0, 0.1) is 22.7 Å². The number of aromatic nitrogens is 11. The average Bonchev–Trinajstić information content (AvgIpc) is 1.45. The Kier molecular flexibility index (Phi) is 20.8. The Labute approximate surface area is 614 Å². The zero-order chi connectivity index (χ0) is 77.7. The Hall–Kier alpha value is -10.5. The molecule has 0 saturated carbocycles. The molecule has 13 rings (SSSR count). The molecule has 5 aromatic heterocycles. The predicted molar refractivity (Wildman–Crippen MR) is 373 cm³/mol. The third-order valence-electron chi connectivity index (χ3n) is 14.7. The molecule has 39 heteroatoms. The van der Waals surface area contributed by atoms with Crippen molar-refractivity contribution in [1.82, 2.24) is 60.9 Å². The minimum atomic E-state index is -1.17. The summed E-state index contributed by atoms with van der Waals surface area (Å²) in [6, 6.07) is 3.57. The van der Waals surface area contributed by atoms with Crippen LogP contribution in [0.2, 0.25) is 40.2 Å². The van der Waals surface area contributed by atoms with E-state index in [1.54, 1.807) is 17.4 Å². The van der Waals surface area contributed by atoms with E-state index in [9.17, 15) is 38.4 Å². The first-order valence-corrected chi connectivity index (χ1v) is 32.4. The lowest BCUT2D eigenvalue weighted by Gasteiger charge is -2.13.